The van der Waals surface area contributed by atoms with Gasteiger partial charge in [0, 0.05) is 11.6 Å². The van der Waals surface area contributed by atoms with Crippen molar-refractivity contribution in [2.24, 2.45) is 0 Å². The van der Waals surface area contributed by atoms with Crippen LogP contribution >= 0.6 is 11.3 Å². The number of rotatable bonds is 5. The van der Waals surface area contributed by atoms with Crippen LogP contribution < -0.4 is 10.1 Å². The molecule has 1 aliphatic carbocycles. The van der Waals surface area contributed by atoms with E-state index in [0.29, 0.717) is 16.6 Å². The molecule has 0 radical (unpaired) electrons. The van der Waals surface area contributed by atoms with Gasteiger partial charge in [-0.2, -0.15) is 0 Å². The Morgan fingerprint density at radius 1 is 1.21 bits per heavy atom. The Labute approximate surface area is 171 Å². The molecule has 4 aromatic rings. The Balaban J connectivity index is 1.40. The smallest absolute Gasteiger partial charge is 0.238 e. The van der Waals surface area contributed by atoms with Crippen molar-refractivity contribution in [3.63, 3.8) is 0 Å². The number of thiazole rings is 1. The molecular formula is C22H19N3O3S. The van der Waals surface area contributed by atoms with E-state index >= 15 is 0 Å². The molecule has 0 aliphatic heterocycles. The molecular weight excluding hydrogens is 386 g/mol. The Kier molecular flexibility index (Phi) is 4.13. The average Bonchev–Trinajstić information content (AvgIpc) is 3.20. The Morgan fingerprint density at radius 2 is 2.03 bits per heavy atom. The van der Waals surface area contributed by atoms with Gasteiger partial charge in [-0.15, -0.1) is 0 Å². The van der Waals surface area contributed by atoms with Gasteiger partial charge in [-0.3, -0.25) is 4.79 Å². The molecule has 1 amide bonds. The van der Waals surface area contributed by atoms with Crippen LogP contribution in [0.5, 0.6) is 5.75 Å². The van der Waals surface area contributed by atoms with Crippen molar-refractivity contribution in [2.45, 2.75) is 25.2 Å². The molecule has 2 aromatic carbocycles. The van der Waals surface area contributed by atoms with E-state index in [2.05, 4.69) is 15.5 Å². The molecule has 2 heterocycles. The van der Waals surface area contributed by atoms with Crippen molar-refractivity contribution < 1.29 is 14.1 Å². The van der Waals surface area contributed by atoms with Crippen LogP contribution in [0.2, 0.25) is 0 Å². The Bertz CT molecular complexity index is 1220. The number of methoxy groups -OCH3 is 1. The first-order chi connectivity index (χ1) is 14.1. The van der Waals surface area contributed by atoms with Gasteiger partial charge in [-0.1, -0.05) is 40.8 Å². The fraction of sp³-hybridized carbons (Fsp3) is 0.227. The predicted octanol–water partition coefficient (Wildman–Crippen LogP) is 4.94. The molecule has 0 atom stereocenters. The molecule has 6 nitrogen and oxygen atoms in total. The maximum absolute atomic E-state index is 13.1. The third kappa shape index (κ3) is 3.07. The molecule has 29 heavy (non-hydrogen) atoms. The molecule has 5 rings (SSSR count). The van der Waals surface area contributed by atoms with Gasteiger partial charge in [-0.25, -0.2) is 4.98 Å². The number of nitrogens with one attached hydrogen (secondary N) is 1. The summed E-state index contributed by atoms with van der Waals surface area (Å²) in [4.78, 5) is 17.6. The molecule has 0 saturated heterocycles. The summed E-state index contributed by atoms with van der Waals surface area (Å²) in [7, 11) is 1.62. The maximum Gasteiger partial charge on any atom is 0.238 e. The standard InChI is InChI=1S/C22H19N3O3S/c1-13-5-3-8-17-19(13)23-21(29-17)24-20(26)22(9-10-22)18-12-16(28-25-18)14-6-4-7-15(11-14)27-2/h3-8,11-12H,9-10H2,1-2H3,(H,23,24,26). The zero-order valence-corrected chi connectivity index (χ0v) is 16.9. The van der Waals surface area contributed by atoms with Gasteiger partial charge in [0.1, 0.15) is 5.75 Å². The van der Waals surface area contributed by atoms with Crippen molar-refractivity contribution in [1.29, 1.82) is 0 Å². The molecule has 0 bridgehead atoms. The topological polar surface area (TPSA) is 77.2 Å². The lowest BCUT2D eigenvalue weighted by molar-refractivity contribution is -0.118. The number of para-hydroxylation sites is 1. The average molecular weight is 405 g/mol. The van der Waals surface area contributed by atoms with Gasteiger partial charge in [-0.05, 0) is 43.5 Å². The second-order valence-corrected chi connectivity index (χ2v) is 8.32. The molecule has 1 fully saturated rings. The van der Waals surface area contributed by atoms with Crippen LogP contribution in [0.25, 0.3) is 21.5 Å². The number of hydrogen-bond donors (Lipinski definition) is 1. The summed E-state index contributed by atoms with van der Waals surface area (Å²) in [5.74, 6) is 1.28. The molecule has 0 unspecified atom stereocenters. The van der Waals surface area contributed by atoms with Gasteiger partial charge in [0.15, 0.2) is 10.9 Å². The maximum atomic E-state index is 13.1. The normalized spacial score (nSPS) is 14.7. The minimum atomic E-state index is -0.645. The summed E-state index contributed by atoms with van der Waals surface area (Å²) < 4.78 is 11.9. The summed E-state index contributed by atoms with van der Waals surface area (Å²) in [6.45, 7) is 2.02. The van der Waals surface area contributed by atoms with Gasteiger partial charge < -0.3 is 14.6 Å². The zero-order valence-electron chi connectivity index (χ0n) is 16.1. The molecule has 1 aliphatic rings. The van der Waals surface area contributed by atoms with Gasteiger partial charge in [0.05, 0.1) is 28.4 Å². The number of nitrogens with zero attached hydrogens (tertiary/aromatic N) is 2. The highest BCUT2D eigenvalue weighted by molar-refractivity contribution is 7.22. The van der Waals surface area contributed by atoms with E-state index in [1.807, 2.05) is 55.5 Å². The minimum Gasteiger partial charge on any atom is -0.497 e. The lowest BCUT2D eigenvalue weighted by Gasteiger charge is -2.10. The van der Waals surface area contributed by atoms with E-state index in [1.54, 1.807) is 7.11 Å². The molecule has 146 valence electrons. The van der Waals surface area contributed by atoms with Gasteiger partial charge >= 0.3 is 0 Å². The number of amides is 1. The van der Waals surface area contributed by atoms with Crippen molar-refractivity contribution in [2.75, 3.05) is 12.4 Å². The largest absolute Gasteiger partial charge is 0.497 e. The number of benzene rings is 2. The van der Waals surface area contributed by atoms with E-state index in [9.17, 15) is 4.79 Å². The van der Waals surface area contributed by atoms with Crippen LogP contribution in [0.3, 0.4) is 0 Å². The minimum absolute atomic E-state index is 0.0836. The van der Waals surface area contributed by atoms with Gasteiger partial charge in [0.2, 0.25) is 5.91 Å². The zero-order chi connectivity index (χ0) is 20.0. The number of carbonyl (C=O) groups excluding carboxylic acids is 1. The van der Waals surface area contributed by atoms with Crippen LogP contribution in [0.15, 0.2) is 53.1 Å². The number of aromatic nitrogens is 2. The number of anilines is 1. The lowest BCUT2D eigenvalue weighted by atomic mass is 10.0. The highest BCUT2D eigenvalue weighted by Crippen LogP contribution is 2.49. The summed E-state index contributed by atoms with van der Waals surface area (Å²) in [5.41, 5.74) is 2.90. The Hall–Kier alpha value is -3.19. The van der Waals surface area contributed by atoms with E-state index in [-0.39, 0.29) is 5.91 Å². The van der Waals surface area contributed by atoms with E-state index in [1.165, 1.54) is 11.3 Å². The van der Waals surface area contributed by atoms with Crippen LogP contribution in [0.1, 0.15) is 24.1 Å². The van der Waals surface area contributed by atoms with Crippen molar-refractivity contribution >= 4 is 32.6 Å². The predicted molar refractivity (Wildman–Crippen MR) is 112 cm³/mol. The van der Waals surface area contributed by atoms with Crippen LogP contribution in [0.4, 0.5) is 5.13 Å². The highest BCUT2D eigenvalue weighted by Gasteiger charge is 2.54. The van der Waals surface area contributed by atoms with Crippen LogP contribution in [0, 0.1) is 6.92 Å². The monoisotopic (exact) mass is 405 g/mol. The number of ether oxygens (including phenoxy) is 1. The number of fused-ring (bicyclic) bond motifs is 1. The van der Waals surface area contributed by atoms with Crippen molar-refractivity contribution in [3.05, 3.63) is 59.8 Å². The third-order valence-electron chi connectivity index (χ3n) is 5.38. The van der Waals surface area contributed by atoms with E-state index in [0.717, 1.165) is 39.9 Å². The fourth-order valence-electron chi connectivity index (χ4n) is 3.49. The van der Waals surface area contributed by atoms with E-state index in [4.69, 9.17) is 9.26 Å². The molecule has 7 heteroatoms. The summed E-state index contributed by atoms with van der Waals surface area (Å²) in [6.07, 6.45) is 1.49. The van der Waals surface area contributed by atoms with Crippen LogP contribution in [-0.4, -0.2) is 23.2 Å². The quantitative estimate of drug-likeness (QED) is 0.509. The second-order valence-electron chi connectivity index (χ2n) is 7.29. The third-order valence-corrected chi connectivity index (χ3v) is 6.32. The summed E-state index contributed by atoms with van der Waals surface area (Å²) in [6, 6.07) is 15.5. The molecule has 1 saturated carbocycles. The number of aryl methyl sites for hydroxylation is 1. The van der Waals surface area contributed by atoms with Gasteiger partial charge in [0.25, 0.3) is 0 Å². The lowest BCUT2D eigenvalue weighted by Crippen LogP contribution is -2.28. The summed E-state index contributed by atoms with van der Waals surface area (Å²) >= 11 is 1.48. The van der Waals surface area contributed by atoms with E-state index < -0.39 is 5.41 Å². The van der Waals surface area contributed by atoms with Crippen molar-refractivity contribution in [3.8, 4) is 17.1 Å². The second kappa shape index (κ2) is 6.70. The first-order valence-electron chi connectivity index (χ1n) is 9.38. The first kappa shape index (κ1) is 17.9. The number of carbonyl (C=O) groups is 1. The first-order valence-corrected chi connectivity index (χ1v) is 10.2. The molecule has 0 spiro atoms. The SMILES string of the molecule is COc1cccc(-c2cc(C3(C(=O)Nc4nc5c(C)cccc5s4)CC3)no2)c1. The van der Waals surface area contributed by atoms with Crippen molar-refractivity contribution in [1.82, 2.24) is 10.1 Å². The molecule has 2 aromatic heterocycles. The number of hydrogen-bond acceptors (Lipinski definition) is 6. The fourth-order valence-corrected chi connectivity index (χ4v) is 4.43. The Morgan fingerprint density at radius 3 is 2.79 bits per heavy atom. The summed E-state index contributed by atoms with van der Waals surface area (Å²) in [5, 5.41) is 7.82. The highest BCUT2D eigenvalue weighted by atomic mass is 32.1. The van der Waals surface area contributed by atoms with Crippen LogP contribution in [-0.2, 0) is 10.2 Å². The molecule has 1 N–H and O–H groups in total.